The van der Waals surface area contributed by atoms with E-state index in [1.165, 1.54) is 0 Å². The van der Waals surface area contributed by atoms with E-state index in [4.69, 9.17) is 0 Å². The quantitative estimate of drug-likeness (QED) is 0.636. The summed E-state index contributed by atoms with van der Waals surface area (Å²) in [5.74, 6) is -0.152. The first-order valence-electron chi connectivity index (χ1n) is 9.40. The summed E-state index contributed by atoms with van der Waals surface area (Å²) in [7, 11) is 0. The summed E-state index contributed by atoms with van der Waals surface area (Å²) < 4.78 is 0. The van der Waals surface area contributed by atoms with E-state index < -0.39 is 0 Å². The SMILES string of the molecule is CCNC(=O)C1CCCN(C(=O)Nc2ccc(NC(=O)NC(C)C)cc2)C1. The number of carbonyl (C=O) groups is 3. The second-order valence-corrected chi connectivity index (χ2v) is 6.94. The predicted octanol–water partition coefficient (Wildman–Crippen LogP) is 2.60. The Balaban J connectivity index is 1.88. The number of carbonyl (C=O) groups excluding carboxylic acids is 3. The Bertz CT molecular complexity index is 660. The average Bonchev–Trinajstić information content (AvgIpc) is 2.63. The molecule has 27 heavy (non-hydrogen) atoms. The number of nitrogens with one attached hydrogen (secondary N) is 4. The summed E-state index contributed by atoms with van der Waals surface area (Å²) >= 11 is 0. The summed E-state index contributed by atoms with van der Waals surface area (Å²) in [6, 6.07) is 6.47. The molecule has 1 atom stereocenters. The molecule has 1 aliphatic heterocycles. The monoisotopic (exact) mass is 375 g/mol. The number of amides is 5. The summed E-state index contributed by atoms with van der Waals surface area (Å²) in [6.45, 7) is 7.31. The van der Waals surface area contributed by atoms with Gasteiger partial charge in [-0.25, -0.2) is 9.59 Å². The van der Waals surface area contributed by atoms with Gasteiger partial charge >= 0.3 is 12.1 Å². The van der Waals surface area contributed by atoms with Crippen LogP contribution in [0.3, 0.4) is 0 Å². The second kappa shape index (κ2) is 9.80. The minimum atomic E-state index is -0.272. The summed E-state index contributed by atoms with van der Waals surface area (Å²) in [6.07, 6.45) is 1.61. The Morgan fingerprint density at radius 1 is 1.11 bits per heavy atom. The lowest BCUT2D eigenvalue weighted by Crippen LogP contribution is -2.46. The summed E-state index contributed by atoms with van der Waals surface area (Å²) in [4.78, 5) is 37.9. The van der Waals surface area contributed by atoms with Crippen molar-refractivity contribution >= 4 is 29.3 Å². The topological polar surface area (TPSA) is 103 Å². The van der Waals surface area contributed by atoms with Crippen molar-refractivity contribution in [2.24, 2.45) is 5.92 Å². The highest BCUT2D eigenvalue weighted by molar-refractivity contribution is 5.92. The maximum Gasteiger partial charge on any atom is 0.321 e. The molecule has 0 bridgehead atoms. The fourth-order valence-corrected chi connectivity index (χ4v) is 2.96. The van der Waals surface area contributed by atoms with E-state index in [1.54, 1.807) is 29.2 Å². The van der Waals surface area contributed by atoms with E-state index >= 15 is 0 Å². The second-order valence-electron chi connectivity index (χ2n) is 6.94. The van der Waals surface area contributed by atoms with Crippen LogP contribution < -0.4 is 21.3 Å². The van der Waals surface area contributed by atoms with Gasteiger partial charge in [0.2, 0.25) is 5.91 Å². The molecule has 1 saturated heterocycles. The first kappa shape index (κ1) is 20.5. The van der Waals surface area contributed by atoms with E-state index in [1.807, 2.05) is 20.8 Å². The lowest BCUT2D eigenvalue weighted by Gasteiger charge is -2.32. The zero-order valence-corrected chi connectivity index (χ0v) is 16.2. The number of urea groups is 2. The third-order valence-corrected chi connectivity index (χ3v) is 4.24. The van der Waals surface area contributed by atoms with Crippen LogP contribution in [0.15, 0.2) is 24.3 Å². The van der Waals surface area contributed by atoms with Gasteiger partial charge in [-0.05, 0) is 57.9 Å². The van der Waals surface area contributed by atoms with Gasteiger partial charge in [-0.3, -0.25) is 4.79 Å². The van der Waals surface area contributed by atoms with Gasteiger partial charge in [-0.1, -0.05) is 0 Å². The van der Waals surface area contributed by atoms with E-state index in [-0.39, 0.29) is 29.9 Å². The van der Waals surface area contributed by atoms with Crippen LogP contribution in [0.1, 0.15) is 33.6 Å². The molecular formula is C19H29N5O3. The van der Waals surface area contributed by atoms with Gasteiger partial charge < -0.3 is 26.2 Å². The van der Waals surface area contributed by atoms with Gasteiger partial charge in [0.15, 0.2) is 0 Å². The molecule has 1 aromatic carbocycles. The molecule has 1 heterocycles. The highest BCUT2D eigenvalue weighted by atomic mass is 16.2. The minimum absolute atomic E-state index is 0.00472. The Kier molecular flexibility index (Phi) is 7.45. The van der Waals surface area contributed by atoms with Gasteiger partial charge in [0.1, 0.15) is 0 Å². The fraction of sp³-hybridized carbons (Fsp3) is 0.526. The van der Waals surface area contributed by atoms with Crippen molar-refractivity contribution in [3.63, 3.8) is 0 Å². The molecule has 0 radical (unpaired) electrons. The van der Waals surface area contributed by atoms with Crippen molar-refractivity contribution in [3.05, 3.63) is 24.3 Å². The molecule has 2 rings (SSSR count). The highest BCUT2D eigenvalue weighted by Gasteiger charge is 2.28. The van der Waals surface area contributed by atoms with Crippen molar-refractivity contribution in [1.29, 1.82) is 0 Å². The molecule has 1 unspecified atom stereocenters. The largest absolute Gasteiger partial charge is 0.356 e. The van der Waals surface area contributed by atoms with Crippen LogP contribution in [0.4, 0.5) is 21.0 Å². The van der Waals surface area contributed by atoms with Gasteiger partial charge in [-0.15, -0.1) is 0 Å². The Morgan fingerprint density at radius 3 is 2.33 bits per heavy atom. The number of benzene rings is 1. The molecular weight excluding hydrogens is 346 g/mol. The molecule has 1 aromatic rings. The molecule has 0 spiro atoms. The third kappa shape index (κ3) is 6.47. The molecule has 0 saturated carbocycles. The number of nitrogens with zero attached hydrogens (tertiary/aromatic N) is 1. The lowest BCUT2D eigenvalue weighted by molar-refractivity contribution is -0.126. The molecule has 5 amide bonds. The van der Waals surface area contributed by atoms with Crippen LogP contribution in [-0.4, -0.2) is 48.5 Å². The summed E-state index contributed by atoms with van der Waals surface area (Å²) in [5.41, 5.74) is 1.27. The first-order chi connectivity index (χ1) is 12.9. The lowest BCUT2D eigenvalue weighted by atomic mass is 9.97. The van der Waals surface area contributed by atoms with Crippen LogP contribution in [-0.2, 0) is 4.79 Å². The molecule has 1 fully saturated rings. The van der Waals surface area contributed by atoms with Gasteiger partial charge in [0, 0.05) is 37.1 Å². The number of rotatable bonds is 5. The Morgan fingerprint density at radius 2 is 1.74 bits per heavy atom. The first-order valence-corrected chi connectivity index (χ1v) is 9.40. The van der Waals surface area contributed by atoms with Crippen molar-refractivity contribution in [2.45, 2.75) is 39.7 Å². The smallest absolute Gasteiger partial charge is 0.321 e. The third-order valence-electron chi connectivity index (χ3n) is 4.24. The zero-order chi connectivity index (χ0) is 19.8. The van der Waals surface area contributed by atoms with E-state index in [0.29, 0.717) is 31.0 Å². The van der Waals surface area contributed by atoms with Gasteiger partial charge in [0.05, 0.1) is 5.92 Å². The van der Waals surface area contributed by atoms with Crippen molar-refractivity contribution < 1.29 is 14.4 Å². The van der Waals surface area contributed by atoms with Gasteiger partial charge in [-0.2, -0.15) is 0 Å². The molecule has 8 heteroatoms. The van der Waals surface area contributed by atoms with Crippen LogP contribution >= 0.6 is 0 Å². The summed E-state index contributed by atoms with van der Waals surface area (Å²) in [5, 5.41) is 11.1. The van der Waals surface area contributed by atoms with E-state index in [0.717, 1.165) is 12.8 Å². The van der Waals surface area contributed by atoms with Gasteiger partial charge in [0.25, 0.3) is 0 Å². The van der Waals surface area contributed by atoms with Crippen LogP contribution in [0.2, 0.25) is 0 Å². The Hall–Kier alpha value is -2.77. The molecule has 0 aliphatic carbocycles. The fourth-order valence-electron chi connectivity index (χ4n) is 2.96. The molecule has 8 nitrogen and oxygen atoms in total. The molecule has 0 aromatic heterocycles. The zero-order valence-electron chi connectivity index (χ0n) is 16.2. The number of piperidine rings is 1. The van der Waals surface area contributed by atoms with E-state index in [2.05, 4.69) is 21.3 Å². The van der Waals surface area contributed by atoms with Crippen LogP contribution in [0.5, 0.6) is 0 Å². The van der Waals surface area contributed by atoms with Crippen LogP contribution in [0, 0.1) is 5.92 Å². The predicted molar refractivity (Wildman–Crippen MR) is 106 cm³/mol. The minimum Gasteiger partial charge on any atom is -0.356 e. The number of hydrogen-bond acceptors (Lipinski definition) is 3. The van der Waals surface area contributed by atoms with Crippen molar-refractivity contribution in [2.75, 3.05) is 30.3 Å². The highest BCUT2D eigenvalue weighted by Crippen LogP contribution is 2.19. The standard InChI is InChI=1S/C19H29N5O3/c1-4-20-17(25)14-6-5-11-24(12-14)19(27)23-16-9-7-15(8-10-16)22-18(26)21-13(2)3/h7-10,13-14H,4-6,11-12H2,1-3H3,(H,20,25)(H,23,27)(H2,21,22,26). The number of anilines is 2. The van der Waals surface area contributed by atoms with E-state index in [9.17, 15) is 14.4 Å². The average molecular weight is 375 g/mol. The van der Waals surface area contributed by atoms with Crippen molar-refractivity contribution in [3.8, 4) is 0 Å². The maximum absolute atomic E-state index is 12.5. The number of likely N-dealkylation sites (tertiary alicyclic amines) is 1. The molecule has 4 N–H and O–H groups in total. The number of hydrogen-bond donors (Lipinski definition) is 4. The van der Waals surface area contributed by atoms with Crippen molar-refractivity contribution in [1.82, 2.24) is 15.5 Å². The maximum atomic E-state index is 12.5. The molecule has 148 valence electrons. The normalized spacial score (nSPS) is 16.6. The van der Waals surface area contributed by atoms with Crippen LogP contribution in [0.25, 0.3) is 0 Å². The molecule has 1 aliphatic rings. The Labute approximate surface area is 160 Å².